The van der Waals surface area contributed by atoms with Crippen molar-refractivity contribution in [3.63, 3.8) is 0 Å². The molecule has 0 unspecified atom stereocenters. The Morgan fingerprint density at radius 1 is 0.919 bits per heavy atom. The van der Waals surface area contributed by atoms with Crippen LogP contribution in [0.2, 0.25) is 0 Å². The smallest absolute Gasteiger partial charge is 0.224 e. The molecule has 2 fully saturated rings. The zero-order valence-electron chi connectivity index (χ0n) is 21.7. The van der Waals surface area contributed by atoms with E-state index in [1.54, 1.807) is 6.33 Å². The van der Waals surface area contributed by atoms with Crippen LogP contribution in [-0.4, -0.2) is 53.0 Å². The molecule has 1 aromatic heterocycles. The number of piperidine rings is 2. The number of ether oxygens (including phenoxy) is 1. The van der Waals surface area contributed by atoms with E-state index in [0.29, 0.717) is 5.88 Å². The highest BCUT2D eigenvalue weighted by molar-refractivity contribution is 5.79. The molecule has 3 aromatic rings. The van der Waals surface area contributed by atoms with Crippen LogP contribution in [-0.2, 0) is 17.8 Å². The van der Waals surface area contributed by atoms with Crippen LogP contribution in [0.4, 0.5) is 5.82 Å². The highest BCUT2D eigenvalue weighted by atomic mass is 16.5. The van der Waals surface area contributed by atoms with Gasteiger partial charge in [-0.2, -0.15) is 0 Å². The van der Waals surface area contributed by atoms with Crippen molar-refractivity contribution in [2.45, 2.75) is 51.6 Å². The number of nitrogens with one attached hydrogen (secondary N) is 1. The topological polar surface area (TPSA) is 70.6 Å². The molecule has 2 aliphatic rings. The molecule has 0 aliphatic carbocycles. The molecule has 2 saturated heterocycles. The van der Waals surface area contributed by atoms with Gasteiger partial charge in [0.05, 0.1) is 0 Å². The van der Waals surface area contributed by atoms with Crippen molar-refractivity contribution < 1.29 is 9.53 Å². The molecule has 7 nitrogen and oxygen atoms in total. The van der Waals surface area contributed by atoms with Gasteiger partial charge >= 0.3 is 0 Å². The summed E-state index contributed by atoms with van der Waals surface area (Å²) < 4.78 is 5.95. The number of aromatic nitrogens is 2. The van der Waals surface area contributed by atoms with Crippen molar-refractivity contribution in [3.8, 4) is 11.6 Å². The molecule has 0 radical (unpaired) electrons. The van der Waals surface area contributed by atoms with E-state index in [1.165, 1.54) is 11.1 Å². The van der Waals surface area contributed by atoms with Gasteiger partial charge < -0.3 is 15.0 Å². The van der Waals surface area contributed by atoms with Gasteiger partial charge in [0.2, 0.25) is 11.8 Å². The Balaban J connectivity index is 1.06. The van der Waals surface area contributed by atoms with Gasteiger partial charge in [-0.1, -0.05) is 49.4 Å². The Bertz CT molecular complexity index is 1140. The van der Waals surface area contributed by atoms with Gasteiger partial charge in [-0.3, -0.25) is 9.69 Å². The Hall–Kier alpha value is -3.45. The third-order valence-corrected chi connectivity index (χ3v) is 7.55. The van der Waals surface area contributed by atoms with E-state index in [1.807, 2.05) is 18.2 Å². The second-order valence-corrected chi connectivity index (χ2v) is 10.1. The molecule has 194 valence electrons. The fourth-order valence-electron chi connectivity index (χ4n) is 5.24. The van der Waals surface area contributed by atoms with E-state index >= 15 is 0 Å². The summed E-state index contributed by atoms with van der Waals surface area (Å²) in [4.78, 5) is 26.4. The van der Waals surface area contributed by atoms with Gasteiger partial charge in [0.1, 0.15) is 17.9 Å². The number of benzene rings is 2. The molecule has 3 heterocycles. The molecular weight excluding hydrogens is 462 g/mol. The lowest BCUT2D eigenvalue weighted by Crippen LogP contribution is -2.48. The number of aryl methyl sites for hydroxylation is 1. The number of anilines is 1. The number of hydrogen-bond donors (Lipinski definition) is 1. The summed E-state index contributed by atoms with van der Waals surface area (Å²) in [5.41, 5.74) is 2.63. The number of hydrogen-bond acceptors (Lipinski definition) is 6. The predicted molar refractivity (Wildman–Crippen MR) is 146 cm³/mol. The monoisotopic (exact) mass is 499 g/mol. The minimum atomic E-state index is 0.0632. The van der Waals surface area contributed by atoms with Crippen LogP contribution >= 0.6 is 0 Å². The van der Waals surface area contributed by atoms with Crippen molar-refractivity contribution in [2.24, 2.45) is 5.92 Å². The second-order valence-electron chi connectivity index (χ2n) is 10.1. The van der Waals surface area contributed by atoms with E-state index < -0.39 is 0 Å². The van der Waals surface area contributed by atoms with Gasteiger partial charge in [-0.15, -0.1) is 0 Å². The van der Waals surface area contributed by atoms with Crippen LogP contribution in [0, 0.1) is 5.92 Å². The fraction of sp³-hybridized carbons (Fsp3) is 0.433. The molecule has 0 atom stereocenters. The first kappa shape index (κ1) is 25.2. The van der Waals surface area contributed by atoms with E-state index in [2.05, 4.69) is 74.5 Å². The third-order valence-electron chi connectivity index (χ3n) is 7.55. The Morgan fingerprint density at radius 3 is 2.35 bits per heavy atom. The number of carbonyl (C=O) groups is 1. The zero-order chi connectivity index (χ0) is 25.5. The van der Waals surface area contributed by atoms with Gasteiger partial charge in [0, 0.05) is 50.7 Å². The van der Waals surface area contributed by atoms with Crippen LogP contribution in [0.25, 0.3) is 0 Å². The number of nitrogens with zero attached hydrogens (tertiary/aromatic N) is 4. The van der Waals surface area contributed by atoms with Crippen molar-refractivity contribution >= 4 is 11.7 Å². The van der Waals surface area contributed by atoms with Gasteiger partial charge in [-0.25, -0.2) is 9.97 Å². The number of rotatable bonds is 8. The van der Waals surface area contributed by atoms with Crippen LogP contribution < -0.4 is 15.0 Å². The molecule has 0 bridgehead atoms. The summed E-state index contributed by atoms with van der Waals surface area (Å²) in [7, 11) is 0. The molecular formula is C30H37N5O2. The third kappa shape index (κ3) is 6.86. The van der Waals surface area contributed by atoms with Gasteiger partial charge in [0.15, 0.2) is 0 Å². The zero-order valence-corrected chi connectivity index (χ0v) is 21.7. The second kappa shape index (κ2) is 12.2. The van der Waals surface area contributed by atoms with Crippen LogP contribution in [0.5, 0.6) is 11.6 Å². The normalized spacial score (nSPS) is 17.5. The average molecular weight is 500 g/mol. The largest absolute Gasteiger partial charge is 0.439 e. The SMILES string of the molecule is CCc1ccc(Oc2cc(N3CCC(C(=O)NC4CCN(Cc5ccccc5)CC4)CC3)ncn2)cc1. The highest BCUT2D eigenvalue weighted by Crippen LogP contribution is 2.26. The lowest BCUT2D eigenvalue weighted by Gasteiger charge is -2.35. The average Bonchev–Trinajstić information content (AvgIpc) is 2.95. The lowest BCUT2D eigenvalue weighted by atomic mass is 9.94. The first-order valence-corrected chi connectivity index (χ1v) is 13.6. The molecule has 2 aromatic carbocycles. The maximum Gasteiger partial charge on any atom is 0.224 e. The molecule has 5 rings (SSSR count). The van der Waals surface area contributed by atoms with Crippen LogP contribution in [0.1, 0.15) is 43.7 Å². The molecule has 7 heteroatoms. The predicted octanol–water partition coefficient (Wildman–Crippen LogP) is 4.83. The van der Waals surface area contributed by atoms with E-state index in [0.717, 1.165) is 76.4 Å². The lowest BCUT2D eigenvalue weighted by molar-refractivity contribution is -0.126. The molecule has 2 aliphatic heterocycles. The highest BCUT2D eigenvalue weighted by Gasteiger charge is 2.28. The van der Waals surface area contributed by atoms with Gasteiger partial charge in [-0.05, 0) is 55.4 Å². The molecule has 0 spiro atoms. The van der Waals surface area contributed by atoms with Gasteiger partial charge in [0.25, 0.3) is 0 Å². The maximum atomic E-state index is 13.0. The first-order chi connectivity index (χ1) is 18.2. The molecule has 37 heavy (non-hydrogen) atoms. The number of carbonyl (C=O) groups excluding carboxylic acids is 1. The summed E-state index contributed by atoms with van der Waals surface area (Å²) in [5, 5.41) is 3.34. The molecule has 0 saturated carbocycles. The summed E-state index contributed by atoms with van der Waals surface area (Å²) in [6.07, 6.45) is 6.24. The minimum Gasteiger partial charge on any atom is -0.439 e. The van der Waals surface area contributed by atoms with Crippen molar-refractivity contribution in [1.82, 2.24) is 20.2 Å². The summed E-state index contributed by atoms with van der Waals surface area (Å²) in [5.74, 6) is 2.42. The summed E-state index contributed by atoms with van der Waals surface area (Å²) >= 11 is 0. The standard InChI is InChI=1S/C30H37N5O2/c1-2-23-8-10-27(11-9-23)37-29-20-28(31-22-32-29)35-18-12-25(13-19-35)30(36)33-26-14-16-34(17-15-26)21-24-6-4-3-5-7-24/h3-11,20,22,25-26H,2,12-19,21H2,1H3,(H,33,36). The fourth-order valence-corrected chi connectivity index (χ4v) is 5.24. The van der Waals surface area contributed by atoms with Crippen LogP contribution in [0.15, 0.2) is 67.0 Å². The molecule has 1 N–H and O–H groups in total. The van der Waals surface area contributed by atoms with E-state index in [9.17, 15) is 4.79 Å². The van der Waals surface area contributed by atoms with Crippen LogP contribution in [0.3, 0.4) is 0 Å². The van der Waals surface area contributed by atoms with Crippen molar-refractivity contribution in [3.05, 3.63) is 78.1 Å². The number of amides is 1. The molecule has 1 amide bonds. The van der Waals surface area contributed by atoms with E-state index in [-0.39, 0.29) is 17.9 Å². The number of likely N-dealkylation sites (tertiary alicyclic amines) is 1. The van der Waals surface area contributed by atoms with Crippen molar-refractivity contribution in [1.29, 1.82) is 0 Å². The van der Waals surface area contributed by atoms with Crippen molar-refractivity contribution in [2.75, 3.05) is 31.1 Å². The quantitative estimate of drug-likeness (QED) is 0.479. The van der Waals surface area contributed by atoms with E-state index in [4.69, 9.17) is 4.74 Å². The Morgan fingerprint density at radius 2 is 1.65 bits per heavy atom. The Kier molecular flexibility index (Phi) is 8.31. The first-order valence-electron chi connectivity index (χ1n) is 13.6. The summed E-state index contributed by atoms with van der Waals surface area (Å²) in [6, 6.07) is 20.9. The maximum absolute atomic E-state index is 13.0. The minimum absolute atomic E-state index is 0.0632. The Labute approximate surface area is 219 Å². The summed E-state index contributed by atoms with van der Waals surface area (Å²) in [6.45, 7) is 6.78.